The molecule has 1 N–H and O–H groups in total. The zero-order valence-corrected chi connectivity index (χ0v) is 9.49. The van der Waals surface area contributed by atoms with Crippen molar-refractivity contribution in [3.05, 3.63) is 15.6 Å². The lowest BCUT2D eigenvalue weighted by atomic mass is 10.1. The maximum absolute atomic E-state index is 5.42. The van der Waals surface area contributed by atoms with E-state index in [4.69, 9.17) is 4.74 Å². The number of aryl methyl sites for hydroxylation is 2. The van der Waals surface area contributed by atoms with Crippen molar-refractivity contribution in [3.63, 3.8) is 0 Å². The molecule has 4 heteroatoms. The van der Waals surface area contributed by atoms with E-state index in [1.165, 1.54) is 10.6 Å². The molecule has 78 valence electrons. The molecule has 3 nitrogen and oxygen atoms in total. The standard InChI is InChI=1S/C10H16N2OS/c1-7-10(14-8(2)12-7)5-9-6-13-4-3-11-9/h9,11H,3-6H2,1-2H3. The van der Waals surface area contributed by atoms with E-state index < -0.39 is 0 Å². The van der Waals surface area contributed by atoms with Gasteiger partial charge in [0.2, 0.25) is 0 Å². The van der Waals surface area contributed by atoms with Gasteiger partial charge in [-0.15, -0.1) is 11.3 Å². The Labute approximate surface area is 88.5 Å². The molecule has 1 aromatic heterocycles. The average Bonchev–Trinajstić information content (AvgIpc) is 2.47. The predicted molar refractivity (Wildman–Crippen MR) is 57.9 cm³/mol. The third kappa shape index (κ3) is 2.32. The van der Waals surface area contributed by atoms with Crippen LogP contribution in [0.4, 0.5) is 0 Å². The van der Waals surface area contributed by atoms with Crippen molar-refractivity contribution < 1.29 is 4.74 Å². The van der Waals surface area contributed by atoms with Crippen LogP contribution in [0, 0.1) is 13.8 Å². The second-order valence-corrected chi connectivity index (χ2v) is 4.96. The van der Waals surface area contributed by atoms with E-state index in [1.54, 1.807) is 11.3 Å². The molecule has 0 aromatic carbocycles. The fraction of sp³-hybridized carbons (Fsp3) is 0.700. The zero-order valence-electron chi connectivity index (χ0n) is 8.67. The highest BCUT2D eigenvalue weighted by molar-refractivity contribution is 7.11. The molecule has 1 saturated heterocycles. The first-order chi connectivity index (χ1) is 6.75. The first-order valence-corrected chi connectivity index (χ1v) is 5.81. The first-order valence-electron chi connectivity index (χ1n) is 5.00. The summed E-state index contributed by atoms with van der Waals surface area (Å²) >= 11 is 1.80. The van der Waals surface area contributed by atoms with Gasteiger partial charge in [0.1, 0.15) is 0 Å². The summed E-state index contributed by atoms with van der Waals surface area (Å²) in [6.07, 6.45) is 1.05. The van der Waals surface area contributed by atoms with Crippen molar-refractivity contribution in [3.8, 4) is 0 Å². The van der Waals surface area contributed by atoms with E-state index in [-0.39, 0.29) is 0 Å². The average molecular weight is 212 g/mol. The second-order valence-electron chi connectivity index (χ2n) is 3.67. The molecule has 1 aromatic rings. The van der Waals surface area contributed by atoms with Gasteiger partial charge in [0.05, 0.1) is 23.9 Å². The van der Waals surface area contributed by atoms with E-state index in [2.05, 4.69) is 24.1 Å². The molecular formula is C10H16N2OS. The maximum Gasteiger partial charge on any atom is 0.0900 e. The molecule has 2 heterocycles. The Morgan fingerprint density at radius 3 is 3.00 bits per heavy atom. The van der Waals surface area contributed by atoms with E-state index in [1.807, 2.05) is 0 Å². The van der Waals surface area contributed by atoms with E-state index in [9.17, 15) is 0 Å². The molecule has 1 atom stereocenters. The van der Waals surface area contributed by atoms with Crippen molar-refractivity contribution in [1.82, 2.24) is 10.3 Å². The van der Waals surface area contributed by atoms with Gasteiger partial charge in [-0.05, 0) is 13.8 Å². The lowest BCUT2D eigenvalue weighted by Crippen LogP contribution is -2.42. The lowest BCUT2D eigenvalue weighted by Gasteiger charge is -2.23. The molecule has 0 aliphatic carbocycles. The Morgan fingerprint density at radius 1 is 1.57 bits per heavy atom. The van der Waals surface area contributed by atoms with Gasteiger partial charge in [-0.3, -0.25) is 0 Å². The fourth-order valence-electron chi connectivity index (χ4n) is 1.74. The largest absolute Gasteiger partial charge is 0.379 e. The summed E-state index contributed by atoms with van der Waals surface area (Å²) in [6, 6.07) is 0.474. The van der Waals surface area contributed by atoms with Crippen molar-refractivity contribution >= 4 is 11.3 Å². The molecule has 1 aliphatic rings. The molecule has 1 fully saturated rings. The normalized spacial score (nSPS) is 22.6. The minimum atomic E-state index is 0.474. The molecule has 0 spiro atoms. The molecule has 0 saturated carbocycles. The summed E-state index contributed by atoms with van der Waals surface area (Å²) < 4.78 is 5.42. The number of nitrogens with zero attached hydrogens (tertiary/aromatic N) is 1. The van der Waals surface area contributed by atoms with Crippen LogP contribution in [0.1, 0.15) is 15.6 Å². The monoisotopic (exact) mass is 212 g/mol. The number of morpholine rings is 1. The quantitative estimate of drug-likeness (QED) is 0.802. The molecule has 14 heavy (non-hydrogen) atoms. The number of hydrogen-bond donors (Lipinski definition) is 1. The van der Waals surface area contributed by atoms with Crippen LogP contribution in [0.2, 0.25) is 0 Å². The van der Waals surface area contributed by atoms with Gasteiger partial charge in [-0.2, -0.15) is 0 Å². The number of ether oxygens (including phenoxy) is 1. The van der Waals surface area contributed by atoms with Crippen LogP contribution in [0.15, 0.2) is 0 Å². The topological polar surface area (TPSA) is 34.1 Å². The van der Waals surface area contributed by atoms with Crippen molar-refractivity contribution in [2.24, 2.45) is 0 Å². The Kier molecular flexibility index (Phi) is 3.15. The Morgan fingerprint density at radius 2 is 2.43 bits per heavy atom. The molecule has 0 bridgehead atoms. The predicted octanol–water partition coefficient (Wildman–Crippen LogP) is 1.29. The molecule has 1 unspecified atom stereocenters. The number of hydrogen-bond acceptors (Lipinski definition) is 4. The molecular weight excluding hydrogens is 196 g/mol. The fourth-order valence-corrected chi connectivity index (χ4v) is 2.75. The molecule has 1 aliphatic heterocycles. The van der Waals surface area contributed by atoms with Gasteiger partial charge in [-0.25, -0.2) is 4.98 Å². The highest BCUT2D eigenvalue weighted by Gasteiger charge is 2.16. The van der Waals surface area contributed by atoms with Gasteiger partial charge >= 0.3 is 0 Å². The minimum Gasteiger partial charge on any atom is -0.379 e. The number of thiazole rings is 1. The highest BCUT2D eigenvalue weighted by atomic mass is 32.1. The van der Waals surface area contributed by atoms with Crippen LogP contribution >= 0.6 is 11.3 Å². The summed E-state index contributed by atoms with van der Waals surface area (Å²) in [4.78, 5) is 5.82. The highest BCUT2D eigenvalue weighted by Crippen LogP contribution is 2.19. The smallest absolute Gasteiger partial charge is 0.0900 e. The van der Waals surface area contributed by atoms with Gasteiger partial charge in [0, 0.05) is 23.9 Å². The van der Waals surface area contributed by atoms with Gasteiger partial charge < -0.3 is 10.1 Å². The van der Waals surface area contributed by atoms with Crippen LogP contribution in [-0.2, 0) is 11.2 Å². The third-order valence-electron chi connectivity index (χ3n) is 2.43. The number of aromatic nitrogens is 1. The number of rotatable bonds is 2. The van der Waals surface area contributed by atoms with E-state index in [0.717, 1.165) is 31.2 Å². The maximum atomic E-state index is 5.42. The lowest BCUT2D eigenvalue weighted by molar-refractivity contribution is 0.0772. The van der Waals surface area contributed by atoms with Gasteiger partial charge in [0.25, 0.3) is 0 Å². The summed E-state index contributed by atoms with van der Waals surface area (Å²) in [5.74, 6) is 0. The summed E-state index contributed by atoms with van der Waals surface area (Å²) in [5.41, 5.74) is 1.18. The molecule has 2 rings (SSSR count). The van der Waals surface area contributed by atoms with Crippen LogP contribution in [0.25, 0.3) is 0 Å². The SMILES string of the molecule is Cc1nc(C)c(CC2COCCN2)s1. The second kappa shape index (κ2) is 4.38. The van der Waals surface area contributed by atoms with Crippen LogP contribution in [0.3, 0.4) is 0 Å². The van der Waals surface area contributed by atoms with Crippen LogP contribution in [-0.4, -0.2) is 30.8 Å². The van der Waals surface area contributed by atoms with Gasteiger partial charge in [0.15, 0.2) is 0 Å². The summed E-state index contributed by atoms with van der Waals surface area (Å²) in [5, 5.41) is 4.62. The van der Waals surface area contributed by atoms with Crippen molar-refractivity contribution in [2.45, 2.75) is 26.3 Å². The zero-order chi connectivity index (χ0) is 9.97. The first kappa shape index (κ1) is 10.1. The summed E-state index contributed by atoms with van der Waals surface area (Å²) in [7, 11) is 0. The Hall–Kier alpha value is -0.450. The van der Waals surface area contributed by atoms with E-state index >= 15 is 0 Å². The minimum absolute atomic E-state index is 0.474. The van der Waals surface area contributed by atoms with Crippen LogP contribution in [0.5, 0.6) is 0 Å². The summed E-state index contributed by atoms with van der Waals surface area (Å²) in [6.45, 7) is 6.80. The Bertz CT molecular complexity index is 305. The molecule has 0 radical (unpaired) electrons. The van der Waals surface area contributed by atoms with Gasteiger partial charge in [-0.1, -0.05) is 0 Å². The third-order valence-corrected chi connectivity index (χ3v) is 3.53. The Balaban J connectivity index is 1.98. The van der Waals surface area contributed by atoms with Crippen molar-refractivity contribution in [1.29, 1.82) is 0 Å². The molecule has 0 amide bonds. The van der Waals surface area contributed by atoms with Crippen LogP contribution < -0.4 is 5.32 Å². The van der Waals surface area contributed by atoms with E-state index in [0.29, 0.717) is 6.04 Å². The van der Waals surface area contributed by atoms with Crippen molar-refractivity contribution in [2.75, 3.05) is 19.8 Å². The number of nitrogens with one attached hydrogen (secondary N) is 1.